The van der Waals surface area contributed by atoms with Gasteiger partial charge in [0.05, 0.1) is 16.7 Å². The summed E-state index contributed by atoms with van der Waals surface area (Å²) in [6, 6.07) is 8.26. The number of imidazole rings is 1. The van der Waals surface area contributed by atoms with Gasteiger partial charge in [-0.3, -0.25) is 4.79 Å². The Morgan fingerprint density at radius 1 is 1.15 bits per heavy atom. The molecule has 0 bridgehead atoms. The van der Waals surface area contributed by atoms with Crippen molar-refractivity contribution in [2.45, 2.75) is 63.3 Å². The van der Waals surface area contributed by atoms with Crippen LogP contribution in [0.2, 0.25) is 0 Å². The minimum Gasteiger partial charge on any atom is -0.350 e. The summed E-state index contributed by atoms with van der Waals surface area (Å²) in [5.74, 6) is 1.70. The number of aryl methyl sites for hydroxylation is 1. The van der Waals surface area contributed by atoms with Crippen molar-refractivity contribution in [1.82, 2.24) is 20.4 Å². The highest BCUT2D eigenvalue weighted by Crippen LogP contribution is 2.33. The molecule has 0 spiro atoms. The number of fused-ring (bicyclic) bond motifs is 2. The first-order valence-electron chi connectivity index (χ1n) is 10.0. The molecule has 140 valence electrons. The molecule has 3 aromatic rings. The van der Waals surface area contributed by atoms with Crippen molar-refractivity contribution >= 4 is 16.9 Å². The van der Waals surface area contributed by atoms with Gasteiger partial charge < -0.3 is 14.8 Å². The predicted octanol–water partition coefficient (Wildman–Crippen LogP) is 3.89. The zero-order valence-electron chi connectivity index (χ0n) is 15.3. The third-order valence-corrected chi connectivity index (χ3v) is 5.97. The number of para-hydroxylation sites is 2. The Morgan fingerprint density at radius 3 is 2.96 bits per heavy atom. The molecule has 2 aliphatic rings. The normalized spacial score (nSPS) is 22.5. The predicted molar refractivity (Wildman–Crippen MR) is 102 cm³/mol. The van der Waals surface area contributed by atoms with E-state index >= 15 is 0 Å². The van der Waals surface area contributed by atoms with Crippen LogP contribution in [0.3, 0.4) is 0 Å². The van der Waals surface area contributed by atoms with Gasteiger partial charge in [-0.05, 0) is 57.1 Å². The van der Waals surface area contributed by atoms with Crippen molar-refractivity contribution in [3.05, 3.63) is 47.1 Å². The van der Waals surface area contributed by atoms with E-state index in [2.05, 4.69) is 21.5 Å². The first-order valence-corrected chi connectivity index (χ1v) is 10.0. The van der Waals surface area contributed by atoms with Crippen molar-refractivity contribution in [3.8, 4) is 0 Å². The fourth-order valence-corrected chi connectivity index (χ4v) is 4.56. The van der Waals surface area contributed by atoms with E-state index in [1.807, 2.05) is 18.2 Å². The van der Waals surface area contributed by atoms with Crippen LogP contribution in [0.15, 0.2) is 28.8 Å². The van der Waals surface area contributed by atoms with Gasteiger partial charge in [-0.15, -0.1) is 0 Å². The van der Waals surface area contributed by atoms with Crippen LogP contribution in [0.25, 0.3) is 11.0 Å². The van der Waals surface area contributed by atoms with E-state index in [1.165, 1.54) is 0 Å². The Morgan fingerprint density at radius 2 is 2.04 bits per heavy atom. The number of amides is 1. The summed E-state index contributed by atoms with van der Waals surface area (Å²) in [6.07, 6.45) is 8.14. The maximum atomic E-state index is 12.8. The van der Waals surface area contributed by atoms with Crippen molar-refractivity contribution < 1.29 is 9.32 Å². The molecule has 1 fully saturated rings. The van der Waals surface area contributed by atoms with Crippen LogP contribution in [0, 0.1) is 0 Å². The zero-order chi connectivity index (χ0) is 18.2. The van der Waals surface area contributed by atoms with Crippen LogP contribution in [0.1, 0.15) is 72.1 Å². The topological polar surface area (TPSA) is 83.8 Å². The number of benzene rings is 1. The molecule has 0 saturated heterocycles. The number of hydrogen-bond acceptors (Lipinski definition) is 4. The van der Waals surface area contributed by atoms with Crippen LogP contribution in [-0.4, -0.2) is 27.1 Å². The van der Waals surface area contributed by atoms with Crippen LogP contribution in [0.5, 0.6) is 0 Å². The molecule has 2 atom stereocenters. The Bertz CT molecular complexity index is 941. The van der Waals surface area contributed by atoms with E-state index in [0.717, 1.165) is 79.5 Å². The number of carbonyl (C=O) groups excluding carboxylic acids is 1. The van der Waals surface area contributed by atoms with Gasteiger partial charge in [-0.25, -0.2) is 4.98 Å². The fourth-order valence-electron chi connectivity index (χ4n) is 4.56. The minimum atomic E-state index is -0.110. The van der Waals surface area contributed by atoms with Gasteiger partial charge in [0.1, 0.15) is 5.82 Å². The molecular formula is C21H24N4O2. The quantitative estimate of drug-likeness (QED) is 0.738. The lowest BCUT2D eigenvalue weighted by molar-refractivity contribution is 0.0886. The molecule has 27 heavy (non-hydrogen) atoms. The van der Waals surface area contributed by atoms with Crippen molar-refractivity contribution in [1.29, 1.82) is 0 Å². The fraction of sp³-hybridized carbons (Fsp3) is 0.476. The molecule has 6 heteroatoms. The highest BCUT2D eigenvalue weighted by molar-refractivity contribution is 5.93. The summed E-state index contributed by atoms with van der Waals surface area (Å²) >= 11 is 0. The summed E-state index contributed by atoms with van der Waals surface area (Å²) in [7, 11) is 0. The molecule has 0 aliphatic heterocycles. The number of rotatable bonds is 3. The number of carbonyl (C=O) groups is 1. The first kappa shape index (κ1) is 16.5. The van der Waals surface area contributed by atoms with E-state index in [-0.39, 0.29) is 11.9 Å². The largest absolute Gasteiger partial charge is 0.350 e. The number of aromatic amines is 1. The lowest BCUT2D eigenvalue weighted by atomic mass is 9.85. The Hall–Kier alpha value is -2.63. The molecule has 2 aromatic heterocycles. The standard InChI is InChI=1S/C21H24N4O2/c26-21(19-15-8-1-2-9-16(15)25-27-19)22-14-7-5-6-13(12-14)20-23-17-10-3-4-11-18(17)24-20/h3-4,10-11,13-14H,1-2,5-9,12H2,(H,22,26)(H,23,24). The maximum Gasteiger partial charge on any atom is 0.290 e. The second kappa shape index (κ2) is 6.83. The molecule has 1 saturated carbocycles. The van der Waals surface area contributed by atoms with Gasteiger partial charge in [-0.1, -0.05) is 23.7 Å². The smallest absolute Gasteiger partial charge is 0.290 e. The first-order chi connectivity index (χ1) is 13.3. The monoisotopic (exact) mass is 364 g/mol. The third-order valence-electron chi connectivity index (χ3n) is 5.97. The SMILES string of the molecule is O=C(NC1CCCC(c2nc3ccccc3[nH]2)C1)c1onc2c1CCCC2. The summed E-state index contributed by atoms with van der Waals surface area (Å²) in [4.78, 5) is 21.0. The summed E-state index contributed by atoms with van der Waals surface area (Å²) in [5, 5.41) is 7.30. The molecule has 6 nitrogen and oxygen atoms in total. The molecule has 2 unspecified atom stereocenters. The molecule has 2 N–H and O–H groups in total. The van der Waals surface area contributed by atoms with Gasteiger partial charge in [0.15, 0.2) is 0 Å². The van der Waals surface area contributed by atoms with Crippen LogP contribution in [0.4, 0.5) is 0 Å². The summed E-state index contributed by atoms with van der Waals surface area (Å²) in [5.41, 5.74) is 4.07. The Balaban J connectivity index is 1.29. The van der Waals surface area contributed by atoms with E-state index in [1.54, 1.807) is 0 Å². The minimum absolute atomic E-state index is 0.110. The summed E-state index contributed by atoms with van der Waals surface area (Å²) in [6.45, 7) is 0. The number of hydrogen-bond donors (Lipinski definition) is 2. The number of aromatic nitrogens is 3. The van der Waals surface area contributed by atoms with E-state index in [0.29, 0.717) is 11.7 Å². The highest BCUT2D eigenvalue weighted by atomic mass is 16.5. The van der Waals surface area contributed by atoms with E-state index < -0.39 is 0 Å². The van der Waals surface area contributed by atoms with Gasteiger partial charge in [0.25, 0.3) is 5.91 Å². The van der Waals surface area contributed by atoms with Crippen molar-refractivity contribution in [2.75, 3.05) is 0 Å². The van der Waals surface area contributed by atoms with E-state index in [9.17, 15) is 4.79 Å². The second-order valence-corrected chi connectivity index (χ2v) is 7.82. The van der Waals surface area contributed by atoms with Crippen LogP contribution < -0.4 is 5.32 Å². The summed E-state index contributed by atoms with van der Waals surface area (Å²) < 4.78 is 5.39. The third kappa shape index (κ3) is 3.13. The number of nitrogens with zero attached hydrogens (tertiary/aromatic N) is 2. The molecule has 0 radical (unpaired) electrons. The van der Waals surface area contributed by atoms with Crippen molar-refractivity contribution in [2.24, 2.45) is 0 Å². The van der Waals surface area contributed by atoms with Crippen LogP contribution >= 0.6 is 0 Å². The molecular weight excluding hydrogens is 340 g/mol. The molecule has 1 aromatic carbocycles. The van der Waals surface area contributed by atoms with Gasteiger partial charge in [0.2, 0.25) is 5.76 Å². The second-order valence-electron chi connectivity index (χ2n) is 7.82. The lowest BCUT2D eigenvalue weighted by Crippen LogP contribution is -2.38. The average molecular weight is 364 g/mol. The van der Waals surface area contributed by atoms with Gasteiger partial charge in [-0.2, -0.15) is 0 Å². The maximum absolute atomic E-state index is 12.8. The number of H-pyrrole nitrogens is 1. The zero-order valence-corrected chi connectivity index (χ0v) is 15.3. The lowest BCUT2D eigenvalue weighted by Gasteiger charge is -2.28. The average Bonchev–Trinajstić information content (AvgIpc) is 3.32. The van der Waals surface area contributed by atoms with Gasteiger partial charge >= 0.3 is 0 Å². The van der Waals surface area contributed by atoms with E-state index in [4.69, 9.17) is 9.51 Å². The Kier molecular flexibility index (Phi) is 4.19. The molecule has 1 amide bonds. The van der Waals surface area contributed by atoms with Gasteiger partial charge in [0, 0.05) is 17.5 Å². The number of nitrogens with one attached hydrogen (secondary N) is 2. The molecule has 2 aliphatic carbocycles. The van der Waals surface area contributed by atoms with Crippen LogP contribution in [-0.2, 0) is 12.8 Å². The Labute approximate surface area is 157 Å². The molecule has 2 heterocycles. The highest BCUT2D eigenvalue weighted by Gasteiger charge is 2.29. The van der Waals surface area contributed by atoms with Crippen molar-refractivity contribution in [3.63, 3.8) is 0 Å². The molecule has 5 rings (SSSR count).